The quantitative estimate of drug-likeness (QED) is 0.833. The van der Waals surface area contributed by atoms with Crippen LogP contribution in [0.4, 0.5) is 10.1 Å². The molecule has 1 aliphatic rings. The molecule has 0 atom stereocenters. The van der Waals surface area contributed by atoms with Gasteiger partial charge in [-0.05, 0) is 31.6 Å². The van der Waals surface area contributed by atoms with Gasteiger partial charge >= 0.3 is 0 Å². The first-order chi connectivity index (χ1) is 8.16. The highest BCUT2D eigenvalue weighted by Gasteiger charge is 2.07. The molecule has 88 valence electrons. The molecule has 0 bridgehead atoms. The van der Waals surface area contributed by atoms with Crippen molar-refractivity contribution in [3.05, 3.63) is 41.5 Å². The number of halogens is 1. The summed E-state index contributed by atoms with van der Waals surface area (Å²) in [6, 6.07) is 4.97. The summed E-state index contributed by atoms with van der Waals surface area (Å²) in [4.78, 5) is 8.22. The van der Waals surface area contributed by atoms with Crippen molar-refractivity contribution < 1.29 is 4.39 Å². The molecule has 1 N–H and O–H groups in total. The van der Waals surface area contributed by atoms with Gasteiger partial charge in [0.1, 0.15) is 18.0 Å². The van der Waals surface area contributed by atoms with E-state index >= 15 is 0 Å². The molecule has 0 radical (unpaired) electrons. The molecular weight excluding hydrogens is 217 g/mol. The van der Waals surface area contributed by atoms with Crippen LogP contribution in [0.25, 0.3) is 0 Å². The summed E-state index contributed by atoms with van der Waals surface area (Å²) in [5, 5.41) is 2.99. The number of allylic oxidation sites excluding steroid dienone is 1. The van der Waals surface area contributed by atoms with Gasteiger partial charge < -0.3 is 5.32 Å². The largest absolute Gasteiger partial charge is 0.338 e. The Hall–Kier alpha value is -1.97. The summed E-state index contributed by atoms with van der Waals surface area (Å²) in [6.45, 7) is 3.79. The summed E-state index contributed by atoms with van der Waals surface area (Å²) in [5.41, 5.74) is 2.30. The number of anilines is 1. The topological polar surface area (TPSA) is 36.8 Å². The maximum absolute atomic E-state index is 13.6. The molecule has 0 saturated heterocycles. The van der Waals surface area contributed by atoms with Crippen molar-refractivity contribution in [2.45, 2.75) is 20.3 Å². The molecule has 1 aliphatic heterocycles. The van der Waals surface area contributed by atoms with Crippen LogP contribution in [0.1, 0.15) is 18.9 Å². The molecular formula is C13H14FN3. The van der Waals surface area contributed by atoms with E-state index in [2.05, 4.69) is 15.3 Å². The average molecular weight is 231 g/mol. The van der Waals surface area contributed by atoms with Crippen LogP contribution in [-0.4, -0.2) is 12.1 Å². The zero-order valence-electron chi connectivity index (χ0n) is 9.87. The van der Waals surface area contributed by atoms with Crippen molar-refractivity contribution in [2.24, 2.45) is 9.98 Å². The number of hydrogen-bond donors (Lipinski definition) is 1. The summed E-state index contributed by atoms with van der Waals surface area (Å²) in [5.74, 6) is 0.349. The average Bonchev–Trinajstić information content (AvgIpc) is 2.49. The van der Waals surface area contributed by atoms with E-state index in [-0.39, 0.29) is 5.82 Å². The highest BCUT2D eigenvalue weighted by atomic mass is 19.1. The fourth-order valence-corrected chi connectivity index (χ4v) is 1.54. The van der Waals surface area contributed by atoms with Crippen LogP contribution < -0.4 is 5.32 Å². The Balaban J connectivity index is 2.22. The predicted octanol–water partition coefficient (Wildman–Crippen LogP) is 3.28. The molecule has 1 heterocycles. The van der Waals surface area contributed by atoms with E-state index in [4.69, 9.17) is 0 Å². The van der Waals surface area contributed by atoms with Crippen LogP contribution in [0.15, 0.2) is 40.1 Å². The van der Waals surface area contributed by atoms with Crippen LogP contribution in [0.5, 0.6) is 0 Å². The van der Waals surface area contributed by atoms with Gasteiger partial charge in [0.05, 0.1) is 5.69 Å². The molecule has 0 unspecified atom stereocenters. The fraction of sp³-hybridized carbons (Fsp3) is 0.231. The first kappa shape index (κ1) is 11.5. The molecule has 0 saturated carbocycles. The van der Waals surface area contributed by atoms with Gasteiger partial charge in [0.2, 0.25) is 0 Å². The van der Waals surface area contributed by atoms with Gasteiger partial charge in [0.15, 0.2) is 0 Å². The number of benzene rings is 1. The zero-order chi connectivity index (χ0) is 12.3. The van der Waals surface area contributed by atoms with Gasteiger partial charge in [-0.2, -0.15) is 0 Å². The minimum Gasteiger partial charge on any atom is -0.338 e. The first-order valence-electron chi connectivity index (χ1n) is 5.45. The fourth-order valence-electron chi connectivity index (χ4n) is 1.54. The molecule has 1 aromatic rings. The number of nitrogens with one attached hydrogen (secondary N) is 1. The van der Waals surface area contributed by atoms with Crippen molar-refractivity contribution >= 4 is 17.7 Å². The molecule has 4 heteroatoms. The summed E-state index contributed by atoms with van der Waals surface area (Å²) in [6.07, 6.45) is 4.10. The van der Waals surface area contributed by atoms with Crippen molar-refractivity contribution in [2.75, 3.05) is 5.32 Å². The van der Waals surface area contributed by atoms with Crippen molar-refractivity contribution in [1.82, 2.24) is 0 Å². The molecule has 2 rings (SSSR count). The third-order valence-electron chi connectivity index (χ3n) is 2.54. The van der Waals surface area contributed by atoms with E-state index in [0.29, 0.717) is 11.5 Å². The van der Waals surface area contributed by atoms with Gasteiger partial charge in [-0.1, -0.05) is 12.1 Å². The number of hydrogen-bond acceptors (Lipinski definition) is 3. The van der Waals surface area contributed by atoms with Crippen molar-refractivity contribution in [3.63, 3.8) is 0 Å². The molecule has 3 nitrogen and oxygen atoms in total. The van der Waals surface area contributed by atoms with Crippen molar-refractivity contribution in [1.29, 1.82) is 0 Å². The zero-order valence-corrected chi connectivity index (χ0v) is 9.87. The van der Waals surface area contributed by atoms with Gasteiger partial charge in [-0.3, -0.25) is 0 Å². The smallest absolute Gasteiger partial charge is 0.146 e. The van der Waals surface area contributed by atoms with Crippen LogP contribution in [0.2, 0.25) is 0 Å². The second-order valence-electron chi connectivity index (χ2n) is 3.96. The number of rotatable bonds is 2. The lowest BCUT2D eigenvalue weighted by atomic mass is 10.2. The number of nitrogens with zero attached hydrogens (tertiary/aromatic N) is 2. The Kier molecular flexibility index (Phi) is 3.32. The number of aliphatic imine (C=N–C) groups is 2. The van der Waals surface area contributed by atoms with E-state index in [1.807, 2.05) is 26.0 Å². The van der Waals surface area contributed by atoms with Gasteiger partial charge in [-0.25, -0.2) is 14.4 Å². The second kappa shape index (κ2) is 4.91. The third-order valence-corrected chi connectivity index (χ3v) is 2.54. The van der Waals surface area contributed by atoms with E-state index < -0.39 is 0 Å². The molecule has 0 amide bonds. The van der Waals surface area contributed by atoms with E-state index in [0.717, 1.165) is 17.7 Å². The lowest BCUT2D eigenvalue weighted by Gasteiger charge is -2.10. The third kappa shape index (κ3) is 2.78. The van der Waals surface area contributed by atoms with Crippen LogP contribution >= 0.6 is 0 Å². The van der Waals surface area contributed by atoms with E-state index in [1.165, 1.54) is 12.4 Å². The Bertz CT molecular complexity index is 495. The molecule has 0 spiro atoms. The highest BCUT2D eigenvalue weighted by Crippen LogP contribution is 2.21. The normalized spacial score (nSPS) is 15.0. The van der Waals surface area contributed by atoms with E-state index in [9.17, 15) is 4.39 Å². The summed E-state index contributed by atoms with van der Waals surface area (Å²) in [7, 11) is 0. The lowest BCUT2D eigenvalue weighted by molar-refractivity contribution is 0.630. The van der Waals surface area contributed by atoms with Gasteiger partial charge in [-0.15, -0.1) is 0 Å². The Labute approximate surface area is 99.8 Å². The molecule has 0 aromatic heterocycles. The first-order valence-corrected chi connectivity index (χ1v) is 5.45. The lowest BCUT2D eigenvalue weighted by Crippen LogP contribution is -2.01. The molecule has 17 heavy (non-hydrogen) atoms. The number of aryl methyl sites for hydroxylation is 1. The van der Waals surface area contributed by atoms with E-state index in [1.54, 1.807) is 6.07 Å². The molecule has 0 aliphatic carbocycles. The number of para-hydroxylation sites is 1. The van der Waals surface area contributed by atoms with Gasteiger partial charge in [0.25, 0.3) is 0 Å². The standard InChI is InChI=1S/C13H14FN3/c1-9-4-3-5-11(14)13(9)17-12-7-6-10(2)15-8-16-12/h3-5,7-8,17H,6H2,1-2H3. The summed E-state index contributed by atoms with van der Waals surface area (Å²) < 4.78 is 13.6. The highest BCUT2D eigenvalue weighted by molar-refractivity contribution is 5.90. The van der Waals surface area contributed by atoms with Crippen molar-refractivity contribution in [3.8, 4) is 0 Å². The molecule has 0 fully saturated rings. The Morgan fingerprint density at radius 2 is 2.12 bits per heavy atom. The minimum atomic E-state index is -0.275. The predicted molar refractivity (Wildman–Crippen MR) is 69.1 cm³/mol. The molecule has 1 aromatic carbocycles. The maximum atomic E-state index is 13.6. The SMILES string of the molecule is CC1=NC=NC(Nc2c(C)cccc2F)=CC1. The Morgan fingerprint density at radius 1 is 1.29 bits per heavy atom. The van der Waals surface area contributed by atoms with Gasteiger partial charge in [0, 0.05) is 12.1 Å². The van der Waals surface area contributed by atoms with Crippen LogP contribution in [-0.2, 0) is 0 Å². The summed E-state index contributed by atoms with van der Waals surface area (Å²) >= 11 is 0. The minimum absolute atomic E-state index is 0.275. The van der Waals surface area contributed by atoms with Crippen LogP contribution in [0, 0.1) is 12.7 Å². The monoisotopic (exact) mass is 231 g/mol. The maximum Gasteiger partial charge on any atom is 0.146 e. The second-order valence-corrected chi connectivity index (χ2v) is 3.96. The Morgan fingerprint density at radius 3 is 2.88 bits per heavy atom. The van der Waals surface area contributed by atoms with Crippen LogP contribution in [0.3, 0.4) is 0 Å².